The van der Waals surface area contributed by atoms with E-state index in [9.17, 15) is 19.2 Å². The van der Waals surface area contributed by atoms with Crippen molar-refractivity contribution in [1.29, 1.82) is 0 Å². The number of carbonyl (C=O) groups excluding carboxylic acids is 4. The van der Waals surface area contributed by atoms with Crippen molar-refractivity contribution in [3.05, 3.63) is 57.3 Å². The molecule has 0 spiro atoms. The number of benzene rings is 2. The molecule has 1 unspecified atom stereocenters. The van der Waals surface area contributed by atoms with E-state index in [1.807, 2.05) is 36.4 Å². The summed E-state index contributed by atoms with van der Waals surface area (Å²) in [5, 5.41) is 3.81. The summed E-state index contributed by atoms with van der Waals surface area (Å²) in [6, 6.07) is 11.1. The Morgan fingerprint density at radius 1 is 0.608 bits per heavy atom. The van der Waals surface area contributed by atoms with E-state index < -0.39 is 0 Å². The molecule has 0 bridgehead atoms. The highest BCUT2D eigenvalue weighted by molar-refractivity contribution is 8.18. The molecule has 13 heteroatoms. The van der Waals surface area contributed by atoms with Gasteiger partial charge < -0.3 is 18.9 Å². The highest BCUT2D eigenvalue weighted by Crippen LogP contribution is 2.34. The second kappa shape index (κ2) is 20.5. The summed E-state index contributed by atoms with van der Waals surface area (Å²) in [6.45, 7) is 1.38. The van der Waals surface area contributed by atoms with Crippen LogP contribution in [-0.4, -0.2) is 49.7 Å². The summed E-state index contributed by atoms with van der Waals surface area (Å²) in [5.41, 5.74) is 1.59. The molecule has 1 atom stereocenters. The van der Waals surface area contributed by atoms with Crippen LogP contribution in [0.15, 0.2) is 46.2 Å². The number of amides is 4. The lowest BCUT2D eigenvalue weighted by Gasteiger charge is -2.21. The normalized spacial score (nSPS) is 19.6. The molecule has 6 rings (SSSR count). The summed E-state index contributed by atoms with van der Waals surface area (Å²) >= 11 is 1.81. The fourth-order valence-electron chi connectivity index (χ4n) is 6.55. The van der Waals surface area contributed by atoms with E-state index in [0.29, 0.717) is 46.0 Å². The van der Waals surface area contributed by atoms with Crippen molar-refractivity contribution >= 4 is 67.9 Å². The summed E-state index contributed by atoms with van der Waals surface area (Å²) < 4.78 is 22.6. The first-order valence-electron chi connectivity index (χ1n) is 17.4. The van der Waals surface area contributed by atoms with Crippen molar-refractivity contribution in [2.24, 2.45) is 11.8 Å². The van der Waals surface area contributed by atoms with Gasteiger partial charge in [-0.3, -0.25) is 29.8 Å². The lowest BCUT2D eigenvalue weighted by Crippen LogP contribution is -2.17. The van der Waals surface area contributed by atoms with Crippen LogP contribution < -0.4 is 29.6 Å². The lowest BCUT2D eigenvalue weighted by molar-refractivity contribution is -0.116. The fourth-order valence-corrected chi connectivity index (χ4v) is 7.92. The number of carbonyl (C=O) groups is 4. The number of thioether (sulfide) groups is 2. The fraction of sp³-hybridized carbons (Fsp3) is 0.474. The molecule has 2 aromatic rings. The minimum Gasteiger partial charge on any atom is -0.493 e. The smallest absolute Gasteiger partial charge is 0.290 e. The van der Waals surface area contributed by atoms with Crippen molar-refractivity contribution in [2.45, 2.75) is 77.0 Å². The lowest BCUT2D eigenvalue weighted by atomic mass is 9.87. The predicted molar refractivity (Wildman–Crippen MR) is 209 cm³/mol. The van der Waals surface area contributed by atoms with Gasteiger partial charge in [-0.15, -0.1) is 0 Å². The average Bonchev–Trinajstić information content (AvgIpc) is 3.62. The maximum atomic E-state index is 11.6. The highest BCUT2D eigenvalue weighted by atomic mass is 32.2. The van der Waals surface area contributed by atoms with Gasteiger partial charge in [-0.05, 0) is 95.7 Å². The second-order valence-electron chi connectivity index (χ2n) is 12.8. The van der Waals surface area contributed by atoms with E-state index in [1.165, 1.54) is 64.2 Å². The number of rotatable bonds is 12. The maximum absolute atomic E-state index is 11.6. The maximum Gasteiger partial charge on any atom is 0.290 e. The van der Waals surface area contributed by atoms with Gasteiger partial charge in [-0.2, -0.15) is 9.90 Å². The van der Waals surface area contributed by atoms with E-state index in [1.54, 1.807) is 26.4 Å². The Balaban J connectivity index is 0.000000224. The predicted octanol–water partition coefficient (Wildman–Crippen LogP) is 8.79. The van der Waals surface area contributed by atoms with Crippen molar-refractivity contribution in [2.75, 3.05) is 27.4 Å². The molecule has 0 radical (unpaired) electrons. The van der Waals surface area contributed by atoms with Gasteiger partial charge in [-0.25, -0.2) is 0 Å². The quantitative estimate of drug-likeness (QED) is 0.160. The van der Waals surface area contributed by atoms with Crippen LogP contribution in [0.1, 0.15) is 88.2 Å². The van der Waals surface area contributed by atoms with Crippen molar-refractivity contribution in [1.82, 2.24) is 10.6 Å². The number of hydrogen-bond donors (Lipinski definition) is 2. The van der Waals surface area contributed by atoms with Crippen LogP contribution in [0.25, 0.3) is 12.2 Å². The van der Waals surface area contributed by atoms with Crippen LogP contribution >= 0.6 is 33.4 Å². The molecule has 0 aromatic heterocycles. The van der Waals surface area contributed by atoms with Gasteiger partial charge >= 0.3 is 0 Å². The molecule has 2 aliphatic heterocycles. The molecule has 2 saturated carbocycles. The van der Waals surface area contributed by atoms with Gasteiger partial charge in [0.25, 0.3) is 22.3 Å². The van der Waals surface area contributed by atoms with Gasteiger partial charge in [0, 0.05) is 0 Å². The third-order valence-corrected chi connectivity index (χ3v) is 10.9. The van der Waals surface area contributed by atoms with Crippen LogP contribution in [0, 0.1) is 11.8 Å². The number of ether oxygens (including phenoxy) is 4. The first kappa shape index (κ1) is 40.3. The molecule has 4 fully saturated rings. The Kier molecular flexibility index (Phi) is 16.2. The highest BCUT2D eigenvalue weighted by Gasteiger charge is 2.26. The molecule has 2 aliphatic carbocycles. The Bertz CT molecular complexity index is 1480. The molecule has 4 amide bonds. The zero-order valence-corrected chi connectivity index (χ0v) is 32.5. The van der Waals surface area contributed by atoms with Gasteiger partial charge in [0.1, 0.15) is 0 Å². The van der Waals surface area contributed by atoms with E-state index in [2.05, 4.69) is 10.6 Å². The Labute approximate surface area is 312 Å². The number of imide groups is 2. The largest absolute Gasteiger partial charge is 0.493 e. The SMILES string of the molecule is COc1cc(C=C2SC(=O)NC2=O)ccc1OCCC1CCCCC1.COc1cc(C=C2SC(=O)NC2=O)ccc1OCCC1CCCCC1.P. The third-order valence-electron chi connectivity index (χ3n) is 9.27. The van der Waals surface area contributed by atoms with Crippen molar-refractivity contribution in [3.63, 3.8) is 0 Å². The first-order chi connectivity index (χ1) is 24.3. The average molecular weight is 757 g/mol. The molecule has 4 aliphatic rings. The molecule has 10 nitrogen and oxygen atoms in total. The molecule has 276 valence electrons. The number of methoxy groups -OCH3 is 2. The molecule has 2 N–H and O–H groups in total. The van der Waals surface area contributed by atoms with Crippen LogP contribution in [-0.2, 0) is 9.59 Å². The van der Waals surface area contributed by atoms with Crippen LogP contribution in [0.4, 0.5) is 9.59 Å². The second-order valence-corrected chi connectivity index (χ2v) is 14.8. The van der Waals surface area contributed by atoms with Crippen LogP contribution in [0.5, 0.6) is 23.0 Å². The zero-order chi connectivity index (χ0) is 35.3. The van der Waals surface area contributed by atoms with Crippen molar-refractivity contribution in [3.8, 4) is 23.0 Å². The van der Waals surface area contributed by atoms with Gasteiger partial charge in [-0.1, -0.05) is 76.3 Å². The standard InChI is InChI=1S/2C19H23NO4S.H3P/c2*1-23-16-11-14(12-17-18(21)20-19(22)25-17)7-8-15(16)24-10-9-13-5-3-2-4-6-13;/h2*7-8,11-13H,2-6,9-10H2,1H3,(H,20,21,22);1H3. The molecule has 2 saturated heterocycles. The summed E-state index contributed by atoms with van der Waals surface area (Å²) in [6.07, 6.45) is 18.8. The third kappa shape index (κ3) is 12.3. The summed E-state index contributed by atoms with van der Waals surface area (Å²) in [5.74, 6) is 3.52. The molecule has 2 heterocycles. The van der Waals surface area contributed by atoms with E-state index in [-0.39, 0.29) is 32.2 Å². The topological polar surface area (TPSA) is 129 Å². The van der Waals surface area contributed by atoms with Crippen molar-refractivity contribution < 1.29 is 38.1 Å². The minimum absolute atomic E-state index is 0. The Morgan fingerprint density at radius 3 is 1.33 bits per heavy atom. The molecule has 51 heavy (non-hydrogen) atoms. The van der Waals surface area contributed by atoms with Gasteiger partial charge in [0.15, 0.2) is 23.0 Å². The molecular weight excluding hydrogens is 708 g/mol. The minimum atomic E-state index is -0.359. The monoisotopic (exact) mass is 756 g/mol. The van der Waals surface area contributed by atoms with E-state index in [4.69, 9.17) is 18.9 Å². The van der Waals surface area contributed by atoms with Gasteiger partial charge in [0.05, 0.1) is 37.2 Å². The van der Waals surface area contributed by atoms with E-state index in [0.717, 1.165) is 59.3 Å². The number of hydrogen-bond acceptors (Lipinski definition) is 10. The first-order valence-corrected chi connectivity index (χ1v) is 19.1. The van der Waals surface area contributed by atoms with Crippen LogP contribution in [0.3, 0.4) is 0 Å². The Hall–Kier alpha value is -3.47. The van der Waals surface area contributed by atoms with Gasteiger partial charge in [0.2, 0.25) is 0 Å². The molecule has 2 aromatic carbocycles. The molecular formula is C38H49N2O8PS2. The Morgan fingerprint density at radius 2 is 1.00 bits per heavy atom. The summed E-state index contributed by atoms with van der Waals surface area (Å²) in [4.78, 5) is 46.5. The summed E-state index contributed by atoms with van der Waals surface area (Å²) in [7, 11) is 3.20. The zero-order valence-electron chi connectivity index (χ0n) is 29.5. The van der Waals surface area contributed by atoms with Crippen LogP contribution in [0.2, 0.25) is 0 Å². The van der Waals surface area contributed by atoms with E-state index >= 15 is 0 Å². The number of nitrogens with one attached hydrogen (secondary N) is 2.